The van der Waals surface area contributed by atoms with Crippen LogP contribution in [0.15, 0.2) is 0 Å². The molecule has 1 aromatic heterocycles. The Hall–Kier alpha value is -0.480. The number of nitrogens with one attached hydrogen (secondary N) is 1. The van der Waals surface area contributed by atoms with Crippen LogP contribution in [0, 0.1) is 13.8 Å². The zero-order valence-corrected chi connectivity index (χ0v) is 12.8. The van der Waals surface area contributed by atoms with Crippen LogP contribution in [0.25, 0.3) is 0 Å². The van der Waals surface area contributed by atoms with Gasteiger partial charge in [0.05, 0.1) is 5.69 Å². The number of aryl methyl sites for hydroxylation is 2. The van der Waals surface area contributed by atoms with E-state index in [0.29, 0.717) is 12.1 Å². The van der Waals surface area contributed by atoms with E-state index in [9.17, 15) is 0 Å². The Morgan fingerprint density at radius 3 is 2.83 bits per heavy atom. The largest absolute Gasteiger partial charge is 0.306 e. The zero-order valence-electron chi connectivity index (χ0n) is 12.0. The quantitative estimate of drug-likeness (QED) is 0.909. The summed E-state index contributed by atoms with van der Waals surface area (Å²) in [7, 11) is 0. The minimum atomic E-state index is 0.411. The number of aromatic nitrogens is 2. The van der Waals surface area contributed by atoms with E-state index in [-0.39, 0.29) is 0 Å². The van der Waals surface area contributed by atoms with Gasteiger partial charge < -0.3 is 5.32 Å². The maximum Gasteiger partial charge on any atom is 0.0644 e. The van der Waals surface area contributed by atoms with Gasteiger partial charge in [-0.05, 0) is 46.3 Å². The van der Waals surface area contributed by atoms with E-state index in [0.717, 1.165) is 6.54 Å². The van der Waals surface area contributed by atoms with Crippen LogP contribution in [0.3, 0.4) is 0 Å². The lowest BCUT2D eigenvalue weighted by atomic mass is 10.0. The van der Waals surface area contributed by atoms with Crippen LogP contribution < -0.4 is 5.32 Å². The molecule has 2 rings (SSSR count). The maximum atomic E-state index is 4.61. The van der Waals surface area contributed by atoms with Crippen molar-refractivity contribution in [3.63, 3.8) is 0 Å². The molecule has 0 bridgehead atoms. The van der Waals surface area contributed by atoms with E-state index in [2.05, 4.69) is 54.6 Å². The molecule has 0 radical (unpaired) electrons. The maximum absolute atomic E-state index is 4.61. The van der Waals surface area contributed by atoms with Crippen LogP contribution in [0.5, 0.6) is 0 Å². The molecule has 0 amide bonds. The highest BCUT2D eigenvalue weighted by Crippen LogP contribution is 2.24. The van der Waals surface area contributed by atoms with Gasteiger partial charge in [-0.3, -0.25) is 4.68 Å². The molecule has 1 fully saturated rings. The van der Waals surface area contributed by atoms with Gasteiger partial charge in [0.15, 0.2) is 0 Å². The highest BCUT2D eigenvalue weighted by Gasteiger charge is 2.21. The lowest BCUT2D eigenvalue weighted by molar-refractivity contribution is 0.450. The Labute approximate surface area is 115 Å². The van der Waals surface area contributed by atoms with Crippen molar-refractivity contribution in [3.05, 3.63) is 17.0 Å². The predicted molar refractivity (Wildman–Crippen MR) is 79.3 cm³/mol. The summed E-state index contributed by atoms with van der Waals surface area (Å²) < 4.78 is 2.11. The Kier molecular flexibility index (Phi) is 4.73. The average Bonchev–Trinajstić information content (AvgIpc) is 2.65. The van der Waals surface area contributed by atoms with E-state index in [4.69, 9.17) is 0 Å². The fourth-order valence-corrected chi connectivity index (χ4v) is 4.04. The summed E-state index contributed by atoms with van der Waals surface area (Å²) in [6.45, 7) is 9.70. The third-order valence-corrected chi connectivity index (χ3v) is 5.03. The molecule has 1 aliphatic heterocycles. The molecule has 0 saturated carbocycles. The van der Waals surface area contributed by atoms with Crippen LogP contribution >= 0.6 is 11.8 Å². The van der Waals surface area contributed by atoms with Crippen molar-refractivity contribution < 1.29 is 0 Å². The first-order valence-electron chi connectivity index (χ1n) is 7.01. The summed E-state index contributed by atoms with van der Waals surface area (Å²) >= 11 is 2.07. The molecule has 1 N–H and O–H groups in total. The monoisotopic (exact) mass is 267 g/mol. The van der Waals surface area contributed by atoms with Crippen LogP contribution in [0.1, 0.15) is 49.7 Å². The highest BCUT2D eigenvalue weighted by molar-refractivity contribution is 7.99. The average molecular weight is 267 g/mol. The van der Waals surface area contributed by atoms with Gasteiger partial charge in [-0.2, -0.15) is 16.9 Å². The smallest absolute Gasteiger partial charge is 0.0644 e. The van der Waals surface area contributed by atoms with Gasteiger partial charge in [0.2, 0.25) is 0 Å². The first-order chi connectivity index (χ1) is 8.63. The van der Waals surface area contributed by atoms with E-state index in [1.807, 2.05) is 0 Å². The van der Waals surface area contributed by atoms with Crippen molar-refractivity contribution in [2.75, 3.05) is 11.5 Å². The molecule has 3 nitrogen and oxygen atoms in total. The van der Waals surface area contributed by atoms with Gasteiger partial charge in [-0.25, -0.2) is 0 Å². The Bertz CT molecular complexity index is 394. The molecule has 1 aliphatic rings. The lowest BCUT2D eigenvalue weighted by Gasteiger charge is -2.26. The summed E-state index contributed by atoms with van der Waals surface area (Å²) in [5, 5.41) is 8.39. The molecule has 0 aromatic carbocycles. The normalized spacial score (nSPS) is 22.1. The number of thioether (sulfide) groups is 1. The molecule has 2 unspecified atom stereocenters. The second-order valence-electron chi connectivity index (χ2n) is 5.20. The standard InChI is InChI=1S/C14H25N3S/c1-5-17-12(4)14(11(3)16-17)10(2)15-13-7-6-8-18-9-13/h10,13,15H,5-9H2,1-4H3. The van der Waals surface area contributed by atoms with Gasteiger partial charge in [-0.1, -0.05) is 0 Å². The van der Waals surface area contributed by atoms with Crippen molar-refractivity contribution in [3.8, 4) is 0 Å². The van der Waals surface area contributed by atoms with Gasteiger partial charge in [0.25, 0.3) is 0 Å². The number of hydrogen-bond donors (Lipinski definition) is 1. The van der Waals surface area contributed by atoms with Gasteiger partial charge in [0, 0.05) is 35.6 Å². The summed E-state index contributed by atoms with van der Waals surface area (Å²) in [5.41, 5.74) is 3.89. The van der Waals surface area contributed by atoms with Crippen LogP contribution in [-0.4, -0.2) is 27.3 Å². The van der Waals surface area contributed by atoms with Crippen molar-refractivity contribution in [1.29, 1.82) is 0 Å². The fraction of sp³-hybridized carbons (Fsp3) is 0.786. The van der Waals surface area contributed by atoms with Crippen LogP contribution in [0.4, 0.5) is 0 Å². The molecule has 18 heavy (non-hydrogen) atoms. The Balaban J connectivity index is 2.07. The SMILES string of the molecule is CCn1nc(C)c(C(C)NC2CCCSC2)c1C. The van der Waals surface area contributed by atoms with Crippen LogP contribution in [-0.2, 0) is 6.54 Å². The van der Waals surface area contributed by atoms with Crippen molar-refractivity contribution >= 4 is 11.8 Å². The predicted octanol–water partition coefficient (Wildman–Crippen LogP) is 3.07. The summed E-state index contributed by atoms with van der Waals surface area (Å²) in [5.74, 6) is 2.59. The van der Waals surface area contributed by atoms with E-state index >= 15 is 0 Å². The minimum absolute atomic E-state index is 0.411. The van der Waals surface area contributed by atoms with Gasteiger partial charge >= 0.3 is 0 Å². The Morgan fingerprint density at radius 2 is 2.28 bits per heavy atom. The zero-order chi connectivity index (χ0) is 13.1. The van der Waals surface area contributed by atoms with Gasteiger partial charge in [0.1, 0.15) is 0 Å². The number of nitrogens with zero attached hydrogens (tertiary/aromatic N) is 2. The molecule has 1 aromatic rings. The third-order valence-electron chi connectivity index (χ3n) is 3.82. The molecular weight excluding hydrogens is 242 g/mol. The van der Waals surface area contributed by atoms with Crippen molar-refractivity contribution in [1.82, 2.24) is 15.1 Å². The summed E-state index contributed by atoms with van der Waals surface area (Å²) in [6, 6.07) is 1.08. The molecule has 0 aliphatic carbocycles. The van der Waals surface area contributed by atoms with Crippen molar-refractivity contribution in [2.45, 2.75) is 59.2 Å². The molecule has 2 heterocycles. The lowest BCUT2D eigenvalue weighted by Crippen LogP contribution is -2.36. The highest BCUT2D eigenvalue weighted by atomic mass is 32.2. The topological polar surface area (TPSA) is 29.9 Å². The molecule has 102 valence electrons. The Morgan fingerprint density at radius 1 is 1.50 bits per heavy atom. The van der Waals surface area contributed by atoms with Gasteiger partial charge in [-0.15, -0.1) is 0 Å². The van der Waals surface area contributed by atoms with E-state index < -0.39 is 0 Å². The van der Waals surface area contributed by atoms with Crippen molar-refractivity contribution in [2.24, 2.45) is 0 Å². The van der Waals surface area contributed by atoms with E-state index in [1.165, 1.54) is 41.3 Å². The molecule has 0 spiro atoms. The molecule has 2 atom stereocenters. The fourth-order valence-electron chi connectivity index (χ4n) is 2.95. The first kappa shape index (κ1) is 13.9. The molecule has 1 saturated heterocycles. The molecule has 4 heteroatoms. The summed E-state index contributed by atoms with van der Waals surface area (Å²) in [6.07, 6.45) is 2.67. The van der Waals surface area contributed by atoms with E-state index in [1.54, 1.807) is 0 Å². The number of hydrogen-bond acceptors (Lipinski definition) is 3. The van der Waals surface area contributed by atoms with Crippen LogP contribution in [0.2, 0.25) is 0 Å². The second kappa shape index (κ2) is 6.11. The molecular formula is C14H25N3S. The second-order valence-corrected chi connectivity index (χ2v) is 6.35. The number of rotatable bonds is 4. The first-order valence-corrected chi connectivity index (χ1v) is 8.16. The third kappa shape index (κ3) is 2.91. The summed E-state index contributed by atoms with van der Waals surface area (Å²) in [4.78, 5) is 0. The minimum Gasteiger partial charge on any atom is -0.306 e.